The number of amides is 2. The molecule has 1 aliphatic heterocycles. The molecule has 9 nitrogen and oxygen atoms in total. The SMILES string of the molecule is CC(=O)N1C(c2ccnnc2)C(F)CC1(C(=O)Nc1cc(=O)cc[nH]1)n1ccc2ccccc21. The Bertz CT molecular complexity index is 1440. The van der Waals surface area contributed by atoms with E-state index in [1.165, 1.54) is 42.5 Å². The fraction of sp³-hybridized carbons (Fsp3) is 0.208. The first-order valence-corrected chi connectivity index (χ1v) is 10.7. The van der Waals surface area contributed by atoms with Crippen LogP contribution >= 0.6 is 0 Å². The third-order valence-corrected chi connectivity index (χ3v) is 6.17. The van der Waals surface area contributed by atoms with Crippen LogP contribution in [0.3, 0.4) is 0 Å². The Kier molecular flexibility index (Phi) is 5.20. The predicted molar refractivity (Wildman–Crippen MR) is 122 cm³/mol. The molecule has 0 bridgehead atoms. The zero-order valence-corrected chi connectivity index (χ0v) is 18.2. The van der Waals surface area contributed by atoms with Crippen molar-refractivity contribution in [2.45, 2.75) is 31.2 Å². The van der Waals surface area contributed by atoms with Crippen LogP contribution in [0.5, 0.6) is 0 Å². The van der Waals surface area contributed by atoms with Crippen molar-refractivity contribution in [2.75, 3.05) is 5.32 Å². The molecule has 34 heavy (non-hydrogen) atoms. The van der Waals surface area contributed by atoms with Gasteiger partial charge < -0.3 is 19.8 Å². The monoisotopic (exact) mass is 460 g/mol. The maximum Gasteiger partial charge on any atom is 0.272 e. The molecule has 10 heteroatoms. The normalized spacial score (nSPS) is 22.1. The number of likely N-dealkylation sites (tertiary alicyclic amines) is 1. The molecule has 0 spiro atoms. The molecule has 4 heterocycles. The van der Waals surface area contributed by atoms with Gasteiger partial charge in [0.05, 0.1) is 17.8 Å². The zero-order chi connectivity index (χ0) is 23.9. The summed E-state index contributed by atoms with van der Waals surface area (Å²) in [5, 5.41) is 11.1. The maximum absolute atomic E-state index is 15.8. The second-order valence-electron chi connectivity index (χ2n) is 8.18. The number of hydrogen-bond donors (Lipinski definition) is 2. The topological polar surface area (TPSA) is 113 Å². The molecule has 0 aliphatic carbocycles. The number of carbonyl (C=O) groups excluding carboxylic acids is 2. The number of halogens is 1. The second kappa shape index (κ2) is 8.22. The highest BCUT2D eigenvalue weighted by atomic mass is 19.1. The number of benzene rings is 1. The van der Waals surface area contributed by atoms with Gasteiger partial charge in [-0.2, -0.15) is 10.2 Å². The molecule has 1 aromatic carbocycles. The standard InChI is InChI=1S/C24H21FN6O3/c1-15(32)31-22(17-6-10-27-28-14-17)19(25)13-24(31,23(34)29-21-12-18(33)7-9-26-21)30-11-8-16-4-2-3-5-20(16)30/h2-12,14,19,22H,13H2,1H3,(H2,26,29,33,34). The van der Waals surface area contributed by atoms with Crippen LogP contribution in [0.25, 0.3) is 10.9 Å². The van der Waals surface area contributed by atoms with Crippen LogP contribution in [-0.2, 0) is 15.3 Å². The predicted octanol–water partition coefficient (Wildman–Crippen LogP) is 2.74. The Morgan fingerprint density at radius 1 is 1.18 bits per heavy atom. The number of H-pyrrole nitrogens is 1. The van der Waals surface area contributed by atoms with Gasteiger partial charge >= 0.3 is 0 Å². The molecule has 0 radical (unpaired) electrons. The van der Waals surface area contributed by atoms with Crippen molar-refractivity contribution in [1.29, 1.82) is 0 Å². The first-order chi connectivity index (χ1) is 16.4. The molecule has 2 N–H and O–H groups in total. The van der Waals surface area contributed by atoms with E-state index in [2.05, 4.69) is 20.5 Å². The summed E-state index contributed by atoms with van der Waals surface area (Å²) >= 11 is 0. The molecule has 1 aliphatic rings. The van der Waals surface area contributed by atoms with Crippen molar-refractivity contribution in [3.63, 3.8) is 0 Å². The number of carbonyl (C=O) groups is 2. The molecule has 2 amide bonds. The average Bonchev–Trinajstić information content (AvgIpc) is 3.39. The van der Waals surface area contributed by atoms with Crippen LogP contribution in [0.15, 0.2) is 78.1 Å². The van der Waals surface area contributed by atoms with Gasteiger partial charge in [-0.15, -0.1) is 0 Å². The van der Waals surface area contributed by atoms with E-state index in [4.69, 9.17) is 0 Å². The molecule has 3 atom stereocenters. The Balaban J connectivity index is 1.73. The summed E-state index contributed by atoms with van der Waals surface area (Å²) in [6.45, 7) is 1.30. The number of anilines is 1. The molecule has 1 fully saturated rings. The molecule has 4 aromatic rings. The summed E-state index contributed by atoms with van der Waals surface area (Å²) in [4.78, 5) is 43.0. The number of hydrogen-bond acceptors (Lipinski definition) is 5. The van der Waals surface area contributed by atoms with Crippen LogP contribution < -0.4 is 10.7 Å². The summed E-state index contributed by atoms with van der Waals surface area (Å²) in [5.41, 5.74) is -0.980. The van der Waals surface area contributed by atoms with Crippen molar-refractivity contribution < 1.29 is 14.0 Å². The van der Waals surface area contributed by atoms with Crippen molar-refractivity contribution in [1.82, 2.24) is 24.6 Å². The third-order valence-electron chi connectivity index (χ3n) is 6.17. The zero-order valence-electron chi connectivity index (χ0n) is 18.2. The van der Waals surface area contributed by atoms with Crippen LogP contribution in [0.2, 0.25) is 0 Å². The number of fused-ring (bicyclic) bond motifs is 1. The maximum atomic E-state index is 15.8. The Morgan fingerprint density at radius 3 is 2.74 bits per heavy atom. The summed E-state index contributed by atoms with van der Waals surface area (Å²) < 4.78 is 17.5. The second-order valence-corrected chi connectivity index (χ2v) is 8.18. The quantitative estimate of drug-likeness (QED) is 0.486. The number of nitrogens with one attached hydrogen (secondary N) is 2. The first kappa shape index (κ1) is 21.5. The van der Waals surface area contributed by atoms with E-state index in [9.17, 15) is 14.4 Å². The number of alkyl halides is 1. The van der Waals surface area contributed by atoms with Gasteiger partial charge in [-0.05, 0) is 29.1 Å². The fourth-order valence-electron chi connectivity index (χ4n) is 4.84. The third kappa shape index (κ3) is 3.35. The van der Waals surface area contributed by atoms with E-state index in [-0.39, 0.29) is 17.7 Å². The molecule has 3 unspecified atom stereocenters. The molecular formula is C24H21FN6O3. The Morgan fingerprint density at radius 2 is 2.00 bits per heavy atom. The van der Waals surface area contributed by atoms with E-state index in [1.54, 1.807) is 16.8 Å². The highest BCUT2D eigenvalue weighted by Crippen LogP contribution is 2.49. The minimum absolute atomic E-state index is 0.140. The fourth-order valence-corrected chi connectivity index (χ4v) is 4.84. The highest BCUT2D eigenvalue weighted by Gasteiger charge is 2.60. The summed E-state index contributed by atoms with van der Waals surface area (Å²) in [5.74, 6) is -1.00. The summed E-state index contributed by atoms with van der Waals surface area (Å²) in [7, 11) is 0. The number of rotatable bonds is 4. The van der Waals surface area contributed by atoms with Gasteiger partial charge in [0.1, 0.15) is 12.0 Å². The van der Waals surface area contributed by atoms with Crippen LogP contribution in [0.4, 0.5) is 10.2 Å². The average molecular weight is 460 g/mol. The van der Waals surface area contributed by atoms with E-state index >= 15 is 4.39 Å². The van der Waals surface area contributed by atoms with E-state index in [0.717, 1.165) is 5.39 Å². The minimum atomic E-state index is -1.75. The van der Waals surface area contributed by atoms with Gasteiger partial charge in [-0.1, -0.05) is 18.2 Å². The lowest BCUT2D eigenvalue weighted by molar-refractivity contribution is -0.149. The van der Waals surface area contributed by atoms with Crippen LogP contribution in [0, 0.1) is 0 Å². The minimum Gasteiger partial charge on any atom is -0.348 e. The van der Waals surface area contributed by atoms with Gasteiger partial charge in [0.15, 0.2) is 5.43 Å². The van der Waals surface area contributed by atoms with Gasteiger partial charge in [-0.3, -0.25) is 14.4 Å². The largest absolute Gasteiger partial charge is 0.348 e. The van der Waals surface area contributed by atoms with E-state index in [1.807, 2.05) is 30.3 Å². The smallest absolute Gasteiger partial charge is 0.272 e. The number of pyridine rings is 1. The highest BCUT2D eigenvalue weighted by molar-refractivity contribution is 6.00. The van der Waals surface area contributed by atoms with Crippen molar-refractivity contribution >= 4 is 28.5 Å². The Labute approximate surface area is 193 Å². The lowest BCUT2D eigenvalue weighted by Gasteiger charge is -2.40. The van der Waals surface area contributed by atoms with Crippen LogP contribution in [0.1, 0.15) is 24.9 Å². The Hall–Kier alpha value is -4.34. The van der Waals surface area contributed by atoms with Crippen molar-refractivity contribution in [3.05, 3.63) is 89.1 Å². The molecule has 172 valence electrons. The van der Waals surface area contributed by atoms with Gasteiger partial charge in [-0.25, -0.2) is 4.39 Å². The number of aromatic nitrogens is 4. The van der Waals surface area contributed by atoms with Gasteiger partial charge in [0.25, 0.3) is 5.91 Å². The lowest BCUT2D eigenvalue weighted by Crippen LogP contribution is -2.56. The number of para-hydroxylation sites is 1. The molecule has 1 saturated heterocycles. The number of nitrogens with zero attached hydrogens (tertiary/aromatic N) is 4. The first-order valence-electron chi connectivity index (χ1n) is 10.7. The van der Waals surface area contributed by atoms with Crippen LogP contribution in [-0.4, -0.2) is 42.6 Å². The molecule has 3 aromatic heterocycles. The van der Waals surface area contributed by atoms with E-state index < -0.39 is 29.7 Å². The lowest BCUT2D eigenvalue weighted by atomic mass is 10.0. The van der Waals surface area contributed by atoms with Gasteiger partial charge in [0.2, 0.25) is 11.6 Å². The van der Waals surface area contributed by atoms with Crippen molar-refractivity contribution in [3.8, 4) is 0 Å². The molecule has 5 rings (SSSR count). The molecular weight excluding hydrogens is 439 g/mol. The molecule has 0 saturated carbocycles. The van der Waals surface area contributed by atoms with Gasteiger partial charge in [0, 0.05) is 44.1 Å². The summed E-state index contributed by atoms with van der Waals surface area (Å²) in [6.07, 6.45) is 4.00. The van der Waals surface area contributed by atoms with Crippen molar-refractivity contribution in [2.24, 2.45) is 0 Å². The van der Waals surface area contributed by atoms with E-state index in [0.29, 0.717) is 11.1 Å². The summed E-state index contributed by atoms with van der Waals surface area (Å²) in [6, 6.07) is 12.2. The number of aromatic amines is 1.